The molecule has 0 saturated heterocycles. The third-order valence-corrected chi connectivity index (χ3v) is 9.31. The van der Waals surface area contributed by atoms with Gasteiger partial charge in [0.15, 0.2) is 0 Å². The van der Waals surface area contributed by atoms with Gasteiger partial charge in [-0.1, -0.05) is 47.8 Å². The zero-order chi connectivity index (χ0) is 24.8. The molecule has 0 aromatic heterocycles. The van der Waals surface area contributed by atoms with E-state index in [1.165, 1.54) is 11.1 Å². The van der Waals surface area contributed by atoms with Gasteiger partial charge in [-0.3, -0.25) is 14.2 Å². The molecule has 1 amide bonds. The van der Waals surface area contributed by atoms with Gasteiger partial charge in [-0.25, -0.2) is 0 Å². The molecule has 1 N–H and O–H groups in total. The van der Waals surface area contributed by atoms with Crippen LogP contribution in [0, 0.1) is 17.3 Å². The van der Waals surface area contributed by atoms with E-state index in [4.69, 9.17) is 9.57 Å². The Bertz CT molecular complexity index is 1200. The number of aryl methyl sites for hydroxylation is 1. The first-order valence-electron chi connectivity index (χ1n) is 12.4. The van der Waals surface area contributed by atoms with Crippen molar-refractivity contribution in [3.63, 3.8) is 0 Å². The van der Waals surface area contributed by atoms with Gasteiger partial charge < -0.3 is 4.74 Å². The number of ether oxygens (including phenoxy) is 1. The van der Waals surface area contributed by atoms with Gasteiger partial charge in [0.2, 0.25) is 0 Å². The molecule has 188 valence electrons. The summed E-state index contributed by atoms with van der Waals surface area (Å²) in [6.07, 6.45) is 5.10. The SMILES string of the molecule is CC(=O)N(O[C@H]1CC[C@H]2[C@@H]3CCc4cc(OCc5ccccc5)ccc4[C@H]3CC[C@]12C)S(=O)(=O)O. The van der Waals surface area contributed by atoms with Gasteiger partial charge in [-0.2, -0.15) is 8.42 Å². The first-order valence-corrected chi connectivity index (χ1v) is 13.8. The lowest BCUT2D eigenvalue weighted by atomic mass is 9.55. The number of amides is 1. The Kier molecular flexibility index (Phi) is 6.40. The first kappa shape index (κ1) is 24.3. The third-order valence-electron chi connectivity index (χ3n) is 8.55. The van der Waals surface area contributed by atoms with Crippen LogP contribution in [0.15, 0.2) is 48.5 Å². The number of fused-ring (bicyclic) bond motifs is 5. The number of carbonyl (C=O) groups is 1. The molecular formula is C27H33NO6S. The van der Waals surface area contributed by atoms with Crippen LogP contribution >= 0.6 is 0 Å². The maximum Gasteiger partial charge on any atom is 0.385 e. The number of rotatable bonds is 6. The molecule has 2 aromatic rings. The van der Waals surface area contributed by atoms with Gasteiger partial charge in [0, 0.05) is 6.92 Å². The van der Waals surface area contributed by atoms with Gasteiger partial charge in [-0.15, -0.1) is 0 Å². The molecule has 3 aliphatic carbocycles. The minimum absolute atomic E-state index is 0.157. The molecule has 2 fully saturated rings. The molecule has 0 spiro atoms. The van der Waals surface area contributed by atoms with Crippen molar-refractivity contribution in [2.24, 2.45) is 17.3 Å². The molecule has 2 saturated carbocycles. The van der Waals surface area contributed by atoms with Crippen molar-refractivity contribution >= 4 is 16.2 Å². The van der Waals surface area contributed by atoms with Crippen LogP contribution < -0.4 is 4.74 Å². The Morgan fingerprint density at radius 1 is 1.11 bits per heavy atom. The fraction of sp³-hybridized carbons (Fsp3) is 0.519. The topological polar surface area (TPSA) is 93.1 Å². The van der Waals surface area contributed by atoms with E-state index in [9.17, 15) is 17.8 Å². The predicted octanol–water partition coefficient (Wildman–Crippen LogP) is 5.07. The summed E-state index contributed by atoms with van der Waals surface area (Å²) in [4.78, 5) is 17.5. The van der Waals surface area contributed by atoms with E-state index in [1.807, 2.05) is 18.2 Å². The number of hydrogen-bond donors (Lipinski definition) is 1. The molecule has 3 aliphatic rings. The fourth-order valence-electron chi connectivity index (χ4n) is 6.92. The summed E-state index contributed by atoms with van der Waals surface area (Å²) in [7, 11) is -4.76. The molecule has 0 aliphatic heterocycles. The Morgan fingerprint density at radius 3 is 2.60 bits per heavy atom. The molecular weight excluding hydrogens is 466 g/mol. The highest BCUT2D eigenvalue weighted by molar-refractivity contribution is 7.83. The summed E-state index contributed by atoms with van der Waals surface area (Å²) in [5.74, 6) is 1.39. The summed E-state index contributed by atoms with van der Waals surface area (Å²) < 4.78 is 39.0. The monoisotopic (exact) mass is 499 g/mol. The summed E-state index contributed by atoms with van der Waals surface area (Å²) in [5.41, 5.74) is 3.67. The lowest BCUT2D eigenvalue weighted by Gasteiger charge is -2.50. The molecule has 7 nitrogen and oxygen atoms in total. The second kappa shape index (κ2) is 9.22. The molecule has 35 heavy (non-hydrogen) atoms. The third kappa shape index (κ3) is 4.59. The molecule has 0 heterocycles. The molecule has 0 radical (unpaired) electrons. The zero-order valence-corrected chi connectivity index (χ0v) is 21.0. The highest BCUT2D eigenvalue weighted by atomic mass is 32.2. The van der Waals surface area contributed by atoms with Crippen LogP contribution in [0.1, 0.15) is 68.6 Å². The van der Waals surface area contributed by atoms with Gasteiger partial charge in [0.1, 0.15) is 12.4 Å². The smallest absolute Gasteiger partial charge is 0.385 e. The van der Waals surface area contributed by atoms with Crippen molar-refractivity contribution in [2.45, 2.75) is 71.0 Å². The van der Waals surface area contributed by atoms with E-state index in [2.05, 4.69) is 37.3 Å². The molecule has 5 atom stereocenters. The minimum Gasteiger partial charge on any atom is -0.489 e. The normalized spacial score (nSPS) is 29.6. The molecule has 0 unspecified atom stereocenters. The maximum atomic E-state index is 11.8. The Labute approximate surface area is 207 Å². The Hall–Kier alpha value is -2.42. The molecule has 2 aromatic carbocycles. The summed E-state index contributed by atoms with van der Waals surface area (Å²) in [6.45, 7) is 3.79. The highest BCUT2D eigenvalue weighted by Crippen LogP contribution is 2.61. The van der Waals surface area contributed by atoms with Crippen LogP contribution in [0.2, 0.25) is 0 Å². The minimum atomic E-state index is -4.76. The number of nitrogens with zero attached hydrogens (tertiary/aromatic N) is 1. The number of hydroxylamine groups is 1. The lowest BCUT2D eigenvalue weighted by Crippen LogP contribution is -2.48. The molecule has 8 heteroatoms. The molecule has 0 bridgehead atoms. The van der Waals surface area contributed by atoms with E-state index in [-0.39, 0.29) is 9.88 Å². The van der Waals surface area contributed by atoms with Crippen molar-refractivity contribution in [3.8, 4) is 5.75 Å². The quantitative estimate of drug-likeness (QED) is 0.440. The number of carbonyl (C=O) groups excluding carboxylic acids is 1. The predicted molar refractivity (Wildman–Crippen MR) is 131 cm³/mol. The van der Waals surface area contributed by atoms with Crippen LogP contribution in [0.4, 0.5) is 0 Å². The van der Waals surface area contributed by atoms with Crippen LogP contribution in [-0.4, -0.2) is 29.5 Å². The zero-order valence-electron chi connectivity index (χ0n) is 20.2. The first-order chi connectivity index (χ1) is 16.7. The van der Waals surface area contributed by atoms with E-state index < -0.39 is 22.3 Å². The van der Waals surface area contributed by atoms with E-state index in [1.54, 1.807) is 0 Å². The van der Waals surface area contributed by atoms with Crippen LogP contribution in [0.5, 0.6) is 5.75 Å². The second-order valence-corrected chi connectivity index (χ2v) is 11.7. The summed E-state index contributed by atoms with van der Waals surface area (Å²) >= 11 is 0. The lowest BCUT2D eigenvalue weighted by molar-refractivity contribution is -0.192. The van der Waals surface area contributed by atoms with Gasteiger partial charge in [-0.05, 0) is 90.5 Å². The van der Waals surface area contributed by atoms with Crippen LogP contribution in [-0.2, 0) is 33.0 Å². The van der Waals surface area contributed by atoms with Crippen molar-refractivity contribution in [2.75, 3.05) is 0 Å². The Morgan fingerprint density at radius 2 is 1.89 bits per heavy atom. The average molecular weight is 500 g/mol. The number of hydrogen-bond acceptors (Lipinski definition) is 5. The second-order valence-electron chi connectivity index (χ2n) is 10.5. The van der Waals surface area contributed by atoms with E-state index >= 15 is 0 Å². The van der Waals surface area contributed by atoms with Crippen LogP contribution in [0.3, 0.4) is 0 Å². The summed E-state index contributed by atoms with van der Waals surface area (Å²) in [6, 6.07) is 16.7. The van der Waals surface area contributed by atoms with Crippen molar-refractivity contribution < 1.29 is 27.3 Å². The number of benzene rings is 2. The van der Waals surface area contributed by atoms with E-state index in [0.29, 0.717) is 30.8 Å². The maximum absolute atomic E-state index is 11.8. The van der Waals surface area contributed by atoms with Gasteiger partial charge in [0.05, 0.1) is 6.10 Å². The van der Waals surface area contributed by atoms with Gasteiger partial charge >= 0.3 is 10.3 Å². The summed E-state index contributed by atoms with van der Waals surface area (Å²) in [5, 5.41) is 0. The van der Waals surface area contributed by atoms with Crippen LogP contribution in [0.25, 0.3) is 0 Å². The van der Waals surface area contributed by atoms with Crippen molar-refractivity contribution in [1.29, 1.82) is 0 Å². The Balaban J connectivity index is 1.31. The average Bonchev–Trinajstić information content (AvgIpc) is 3.16. The fourth-order valence-corrected chi connectivity index (χ4v) is 7.46. The van der Waals surface area contributed by atoms with E-state index in [0.717, 1.165) is 50.3 Å². The van der Waals surface area contributed by atoms with Crippen molar-refractivity contribution in [3.05, 3.63) is 65.2 Å². The molecule has 5 rings (SSSR count). The largest absolute Gasteiger partial charge is 0.489 e. The van der Waals surface area contributed by atoms with Gasteiger partial charge in [0.25, 0.3) is 5.91 Å². The van der Waals surface area contributed by atoms with Crippen molar-refractivity contribution in [1.82, 2.24) is 4.47 Å². The standard InChI is InChI=1S/C27H33NO6S/c1-18(29)28(35(30,31)32)34-26-13-12-25-24-10-8-20-16-21(33-17-19-6-4-3-5-7-19)9-11-22(20)23(24)14-15-27(25,26)2/h3-7,9,11,16,23-26H,8,10,12-15,17H2,1-2H3,(H,30,31,32)/t23-,24-,25+,26+,27+/m1/s1. The highest BCUT2D eigenvalue weighted by Gasteiger charge is 2.56.